The molecule has 1 amide bonds. The van der Waals surface area contributed by atoms with Gasteiger partial charge >= 0.3 is 0 Å². The number of sulfonamides is 1. The van der Waals surface area contributed by atoms with Gasteiger partial charge in [0.15, 0.2) is 0 Å². The number of nitrogens with zero attached hydrogens (tertiary/aromatic N) is 3. The van der Waals surface area contributed by atoms with E-state index in [1.54, 1.807) is 49.6 Å². The highest BCUT2D eigenvalue weighted by Gasteiger charge is 2.26. The highest BCUT2D eigenvalue weighted by atomic mass is 32.2. The number of methoxy groups -OCH3 is 1. The Morgan fingerprint density at radius 2 is 1.66 bits per heavy atom. The third-order valence-corrected chi connectivity index (χ3v) is 8.59. The molecular weight excluding hydrogens is 504 g/mol. The van der Waals surface area contributed by atoms with Gasteiger partial charge < -0.3 is 10.1 Å². The molecule has 3 aromatic carbocycles. The molecule has 0 spiro atoms. The number of carbonyl (C=O) groups is 1. The van der Waals surface area contributed by atoms with Crippen molar-refractivity contribution >= 4 is 26.8 Å². The minimum absolute atomic E-state index is 0.222. The highest BCUT2D eigenvalue weighted by Crippen LogP contribution is 2.21. The number of hydrogen-bond donors (Lipinski definition) is 1. The summed E-state index contributed by atoms with van der Waals surface area (Å²) in [6.45, 7) is 1.65. The van der Waals surface area contributed by atoms with Crippen LogP contribution in [0.5, 0.6) is 5.75 Å². The molecule has 0 bridgehead atoms. The largest absolute Gasteiger partial charge is 0.497 e. The number of nitrogens with one attached hydrogen (secondary N) is 1. The van der Waals surface area contributed by atoms with Crippen LogP contribution in [0.1, 0.15) is 34.3 Å². The van der Waals surface area contributed by atoms with Gasteiger partial charge in [-0.05, 0) is 66.4 Å². The minimum atomic E-state index is -3.50. The fourth-order valence-corrected chi connectivity index (χ4v) is 6.00. The number of carbonyl (C=O) groups excluding carboxylic acids is 1. The number of fused-ring (bicyclic) bond motifs is 1. The molecule has 0 unspecified atom stereocenters. The van der Waals surface area contributed by atoms with Gasteiger partial charge in [-0.25, -0.2) is 13.4 Å². The summed E-state index contributed by atoms with van der Waals surface area (Å²) in [6, 6.07) is 18.8. The SMILES string of the molecule is COc1ccc(CNC(=O)c2ccc3ncn(Cc4ccc(S(=O)(=O)N5CCCC5)cc4)c(=O)c3c2)cc1. The molecule has 1 aromatic heterocycles. The zero-order chi connectivity index (χ0) is 26.7. The van der Waals surface area contributed by atoms with Crippen LogP contribution in [0.15, 0.2) is 82.7 Å². The average molecular weight is 533 g/mol. The Bertz CT molecular complexity index is 1630. The van der Waals surface area contributed by atoms with Gasteiger partial charge in [0.1, 0.15) is 5.75 Å². The predicted octanol–water partition coefficient (Wildman–Crippen LogP) is 3.17. The first kappa shape index (κ1) is 25.6. The molecule has 0 saturated carbocycles. The Hall–Kier alpha value is -4.02. The average Bonchev–Trinajstić information content (AvgIpc) is 3.50. The summed E-state index contributed by atoms with van der Waals surface area (Å²) in [7, 11) is -1.90. The quantitative estimate of drug-likeness (QED) is 0.373. The molecule has 1 aliphatic heterocycles. The molecule has 10 heteroatoms. The van der Waals surface area contributed by atoms with Crippen molar-refractivity contribution in [1.82, 2.24) is 19.2 Å². The van der Waals surface area contributed by atoms with E-state index < -0.39 is 10.0 Å². The van der Waals surface area contributed by atoms with E-state index in [1.807, 2.05) is 24.3 Å². The number of aromatic nitrogens is 2. The van der Waals surface area contributed by atoms with Crippen LogP contribution in [-0.2, 0) is 23.1 Å². The van der Waals surface area contributed by atoms with E-state index in [-0.39, 0.29) is 22.9 Å². The molecule has 0 atom stereocenters. The second kappa shape index (κ2) is 10.8. The van der Waals surface area contributed by atoms with Crippen LogP contribution in [-0.4, -0.2) is 48.4 Å². The van der Waals surface area contributed by atoms with Crippen LogP contribution in [0.25, 0.3) is 10.9 Å². The first-order valence-corrected chi connectivity index (χ1v) is 13.8. The smallest absolute Gasteiger partial charge is 0.261 e. The predicted molar refractivity (Wildman–Crippen MR) is 144 cm³/mol. The van der Waals surface area contributed by atoms with E-state index >= 15 is 0 Å². The summed E-state index contributed by atoms with van der Waals surface area (Å²) >= 11 is 0. The molecule has 2 heterocycles. The van der Waals surface area contributed by atoms with Crippen LogP contribution in [0, 0.1) is 0 Å². The number of amides is 1. The Kier molecular flexibility index (Phi) is 7.26. The van der Waals surface area contributed by atoms with E-state index in [0.29, 0.717) is 36.1 Å². The summed E-state index contributed by atoms with van der Waals surface area (Å²) in [6.07, 6.45) is 3.21. The molecule has 0 aliphatic carbocycles. The van der Waals surface area contributed by atoms with Crippen molar-refractivity contribution in [1.29, 1.82) is 0 Å². The molecule has 0 radical (unpaired) electrons. The lowest BCUT2D eigenvalue weighted by molar-refractivity contribution is 0.0951. The number of benzene rings is 3. The zero-order valence-corrected chi connectivity index (χ0v) is 21.8. The van der Waals surface area contributed by atoms with Crippen molar-refractivity contribution in [3.8, 4) is 5.75 Å². The topological polar surface area (TPSA) is 111 Å². The van der Waals surface area contributed by atoms with Crippen molar-refractivity contribution in [3.05, 3.63) is 100 Å². The molecule has 38 heavy (non-hydrogen) atoms. The molecule has 1 aliphatic rings. The van der Waals surface area contributed by atoms with Crippen LogP contribution in [0.2, 0.25) is 0 Å². The van der Waals surface area contributed by atoms with Gasteiger partial charge in [0.25, 0.3) is 11.5 Å². The van der Waals surface area contributed by atoms with Gasteiger partial charge in [-0.2, -0.15) is 4.31 Å². The lowest BCUT2D eigenvalue weighted by Gasteiger charge is -2.15. The van der Waals surface area contributed by atoms with Crippen LogP contribution >= 0.6 is 0 Å². The van der Waals surface area contributed by atoms with Crippen LogP contribution < -0.4 is 15.6 Å². The van der Waals surface area contributed by atoms with Gasteiger partial charge in [0, 0.05) is 25.2 Å². The van der Waals surface area contributed by atoms with Crippen molar-refractivity contribution in [2.24, 2.45) is 0 Å². The van der Waals surface area contributed by atoms with E-state index in [1.165, 1.54) is 15.2 Å². The monoisotopic (exact) mass is 532 g/mol. The Balaban J connectivity index is 1.31. The molecule has 5 rings (SSSR count). The zero-order valence-electron chi connectivity index (χ0n) is 21.0. The normalized spacial score (nSPS) is 14.0. The standard InChI is InChI=1S/C28H28N4O5S/c1-37-23-9-4-20(5-10-23)17-29-27(33)22-8-13-26-25(16-22)28(34)31(19-30-26)18-21-6-11-24(12-7-21)38(35,36)32-14-2-3-15-32/h4-13,16,19H,2-3,14-15,17-18H2,1H3,(H,29,33). The Labute approximate surface area is 220 Å². The van der Waals surface area contributed by atoms with E-state index in [9.17, 15) is 18.0 Å². The third-order valence-electron chi connectivity index (χ3n) is 6.68. The van der Waals surface area contributed by atoms with Gasteiger partial charge in [-0.15, -0.1) is 0 Å². The maximum Gasteiger partial charge on any atom is 0.261 e. The Morgan fingerprint density at radius 3 is 2.34 bits per heavy atom. The van der Waals surface area contributed by atoms with E-state index in [0.717, 1.165) is 29.7 Å². The minimum Gasteiger partial charge on any atom is -0.497 e. The fourth-order valence-electron chi connectivity index (χ4n) is 4.48. The lowest BCUT2D eigenvalue weighted by Crippen LogP contribution is -2.27. The third kappa shape index (κ3) is 5.32. The van der Waals surface area contributed by atoms with Gasteiger partial charge in [0.2, 0.25) is 10.0 Å². The van der Waals surface area contributed by atoms with Crippen LogP contribution in [0.3, 0.4) is 0 Å². The van der Waals surface area contributed by atoms with Gasteiger partial charge in [0.05, 0.1) is 35.8 Å². The molecule has 4 aromatic rings. The maximum atomic E-state index is 13.2. The lowest BCUT2D eigenvalue weighted by atomic mass is 10.1. The molecule has 196 valence electrons. The van der Waals surface area contributed by atoms with Gasteiger partial charge in [-0.1, -0.05) is 24.3 Å². The fraction of sp³-hybridized carbons (Fsp3) is 0.250. The molecule has 1 saturated heterocycles. The number of hydrogen-bond acceptors (Lipinski definition) is 6. The number of rotatable bonds is 8. The molecular formula is C28H28N4O5S. The molecule has 9 nitrogen and oxygen atoms in total. The summed E-state index contributed by atoms with van der Waals surface area (Å²) < 4.78 is 33.6. The first-order valence-electron chi connectivity index (χ1n) is 12.3. The van der Waals surface area contributed by atoms with Crippen molar-refractivity contribution in [2.45, 2.75) is 30.8 Å². The van der Waals surface area contributed by atoms with E-state index in [4.69, 9.17) is 4.74 Å². The van der Waals surface area contributed by atoms with Crippen LogP contribution in [0.4, 0.5) is 0 Å². The van der Waals surface area contributed by atoms with E-state index in [2.05, 4.69) is 10.3 Å². The van der Waals surface area contributed by atoms with Gasteiger partial charge in [-0.3, -0.25) is 14.2 Å². The number of ether oxygens (including phenoxy) is 1. The molecule has 1 N–H and O–H groups in total. The summed E-state index contributed by atoms with van der Waals surface area (Å²) in [5.74, 6) is 0.439. The first-order chi connectivity index (χ1) is 18.3. The summed E-state index contributed by atoms with van der Waals surface area (Å²) in [5.41, 5.74) is 2.25. The van der Waals surface area contributed by atoms with Crippen molar-refractivity contribution in [2.75, 3.05) is 20.2 Å². The van der Waals surface area contributed by atoms with Crippen molar-refractivity contribution < 1.29 is 17.9 Å². The summed E-state index contributed by atoms with van der Waals surface area (Å²) in [5, 5.41) is 3.20. The summed E-state index contributed by atoms with van der Waals surface area (Å²) in [4.78, 5) is 30.6. The maximum absolute atomic E-state index is 13.2. The highest BCUT2D eigenvalue weighted by molar-refractivity contribution is 7.89. The Morgan fingerprint density at radius 1 is 0.974 bits per heavy atom. The van der Waals surface area contributed by atoms with Crippen molar-refractivity contribution in [3.63, 3.8) is 0 Å². The molecule has 1 fully saturated rings. The second-order valence-electron chi connectivity index (χ2n) is 9.20. The second-order valence-corrected chi connectivity index (χ2v) is 11.1.